The molecule has 0 aliphatic rings. The highest BCUT2D eigenvalue weighted by molar-refractivity contribution is 5.81. The molecule has 0 atom stereocenters. The molecule has 1 aromatic heterocycles. The Morgan fingerprint density at radius 2 is 1.96 bits per heavy atom. The van der Waals surface area contributed by atoms with Crippen LogP contribution < -0.4 is 10.6 Å². The molecule has 0 aliphatic heterocycles. The van der Waals surface area contributed by atoms with E-state index >= 15 is 0 Å². The first-order valence-electron chi connectivity index (χ1n) is 9.19. The van der Waals surface area contributed by atoms with E-state index in [1.807, 2.05) is 31.5 Å². The molecule has 0 saturated heterocycles. The minimum Gasteiger partial charge on any atom is -0.368 e. The predicted molar refractivity (Wildman–Crippen MR) is 118 cm³/mol. The maximum Gasteiger partial charge on any atom is 0.0435 e. The minimum atomic E-state index is 0.384. The molecule has 1 heterocycles. The van der Waals surface area contributed by atoms with Gasteiger partial charge in [-0.25, -0.2) is 0 Å². The zero-order valence-electron chi connectivity index (χ0n) is 16.7. The Labute approximate surface area is 163 Å². The van der Waals surface area contributed by atoms with E-state index in [0.717, 1.165) is 33.8 Å². The molecule has 1 aromatic carbocycles. The quantitative estimate of drug-likeness (QED) is 0.547. The number of benzene rings is 1. The molecule has 2 N–H and O–H groups in total. The first kappa shape index (κ1) is 20.2. The van der Waals surface area contributed by atoms with Gasteiger partial charge in [-0.1, -0.05) is 45.2 Å². The molecule has 27 heavy (non-hydrogen) atoms. The Balaban J connectivity index is 2.31. The maximum absolute atomic E-state index is 4.43. The summed E-state index contributed by atoms with van der Waals surface area (Å²) in [5.74, 6) is 0.384. The average molecular weight is 360 g/mol. The van der Waals surface area contributed by atoms with Gasteiger partial charge in [0.25, 0.3) is 0 Å². The van der Waals surface area contributed by atoms with Crippen LogP contribution in [0.4, 0.5) is 5.69 Å². The van der Waals surface area contributed by atoms with Crippen LogP contribution in [0.1, 0.15) is 49.1 Å². The third kappa shape index (κ3) is 5.45. The zero-order chi connectivity index (χ0) is 19.8. The first-order chi connectivity index (χ1) is 13.0. The van der Waals surface area contributed by atoms with Crippen LogP contribution in [0.3, 0.4) is 0 Å². The molecule has 0 saturated carbocycles. The fraction of sp³-hybridized carbons (Fsp3) is 0.208. The molecule has 0 radical (unpaired) electrons. The van der Waals surface area contributed by atoms with Gasteiger partial charge in [0, 0.05) is 35.0 Å². The fourth-order valence-electron chi connectivity index (χ4n) is 2.75. The molecule has 0 spiro atoms. The monoisotopic (exact) mass is 359 g/mol. The van der Waals surface area contributed by atoms with E-state index in [2.05, 4.69) is 79.9 Å². The molecule has 0 unspecified atom stereocenters. The highest BCUT2D eigenvalue weighted by atomic mass is 14.9. The summed E-state index contributed by atoms with van der Waals surface area (Å²) in [6.45, 7) is 16.3. The summed E-state index contributed by atoms with van der Waals surface area (Å²) in [7, 11) is 0. The summed E-state index contributed by atoms with van der Waals surface area (Å²) in [6, 6.07) is 10.4. The number of nitrogens with zero attached hydrogens (tertiary/aromatic N) is 1. The second kappa shape index (κ2) is 9.58. The van der Waals surface area contributed by atoms with E-state index in [1.54, 1.807) is 6.20 Å². The topological polar surface area (TPSA) is 37.0 Å². The van der Waals surface area contributed by atoms with E-state index in [0.29, 0.717) is 5.92 Å². The van der Waals surface area contributed by atoms with Crippen LogP contribution in [0, 0.1) is 6.92 Å². The second-order valence-corrected chi connectivity index (χ2v) is 6.73. The maximum atomic E-state index is 4.43. The lowest BCUT2D eigenvalue weighted by Crippen LogP contribution is -2.01. The third-order valence-corrected chi connectivity index (χ3v) is 4.27. The number of hydrogen-bond acceptors (Lipinski definition) is 3. The number of pyridine rings is 1. The highest BCUT2D eigenvalue weighted by Crippen LogP contribution is 2.26. The largest absolute Gasteiger partial charge is 0.368 e. The van der Waals surface area contributed by atoms with Gasteiger partial charge in [0.15, 0.2) is 0 Å². The van der Waals surface area contributed by atoms with E-state index in [1.165, 1.54) is 5.56 Å². The molecule has 0 amide bonds. The summed E-state index contributed by atoms with van der Waals surface area (Å²) < 4.78 is 0. The Morgan fingerprint density at radius 1 is 1.19 bits per heavy atom. The molecule has 140 valence electrons. The summed E-state index contributed by atoms with van der Waals surface area (Å²) in [5.41, 5.74) is 7.41. The Kier molecular flexibility index (Phi) is 7.18. The second-order valence-electron chi connectivity index (χ2n) is 6.73. The van der Waals surface area contributed by atoms with Crippen molar-refractivity contribution in [2.24, 2.45) is 0 Å². The number of allylic oxidation sites excluding steroid dienone is 3. The van der Waals surface area contributed by atoms with E-state index < -0.39 is 0 Å². The van der Waals surface area contributed by atoms with Gasteiger partial charge in [-0.2, -0.15) is 0 Å². The molecular formula is C24H29N3. The van der Waals surface area contributed by atoms with Crippen molar-refractivity contribution in [1.29, 1.82) is 0 Å². The summed E-state index contributed by atoms with van der Waals surface area (Å²) >= 11 is 0. The van der Waals surface area contributed by atoms with E-state index in [4.69, 9.17) is 0 Å². The van der Waals surface area contributed by atoms with Crippen LogP contribution in [0.5, 0.6) is 0 Å². The summed E-state index contributed by atoms with van der Waals surface area (Å²) in [5, 5.41) is 6.50. The van der Waals surface area contributed by atoms with Crippen LogP contribution in [0.25, 0.3) is 11.3 Å². The summed E-state index contributed by atoms with van der Waals surface area (Å²) in [4.78, 5) is 4.43. The van der Waals surface area contributed by atoms with Crippen LogP contribution in [0.15, 0.2) is 74.2 Å². The van der Waals surface area contributed by atoms with Gasteiger partial charge in [-0.15, -0.1) is 0 Å². The fourth-order valence-corrected chi connectivity index (χ4v) is 2.75. The molecule has 3 nitrogen and oxygen atoms in total. The van der Waals surface area contributed by atoms with Crippen molar-refractivity contribution >= 4 is 17.0 Å². The standard InChI is InChI=1S/C24H29N3/c1-7-9-21(16-25-8-2)23-15-22(11-10-18(23)5)27-19(6)20-12-13-26-24(14-20)17(3)4/h7-17,25,27H,2,6H2,1,3-5H3/b9-7-,21-16+. The molecule has 0 aliphatic carbocycles. The van der Waals surface area contributed by atoms with Crippen molar-refractivity contribution in [2.75, 3.05) is 5.32 Å². The minimum absolute atomic E-state index is 0.384. The lowest BCUT2D eigenvalue weighted by Gasteiger charge is -2.15. The van der Waals surface area contributed by atoms with Crippen molar-refractivity contribution in [1.82, 2.24) is 10.3 Å². The van der Waals surface area contributed by atoms with Gasteiger partial charge in [-0.05, 0) is 66.9 Å². The van der Waals surface area contributed by atoms with Crippen LogP contribution in [-0.2, 0) is 0 Å². The van der Waals surface area contributed by atoms with E-state index in [9.17, 15) is 0 Å². The lowest BCUT2D eigenvalue weighted by atomic mass is 9.99. The van der Waals surface area contributed by atoms with Gasteiger partial charge >= 0.3 is 0 Å². The van der Waals surface area contributed by atoms with Crippen LogP contribution in [-0.4, -0.2) is 4.98 Å². The number of nitrogens with one attached hydrogen (secondary N) is 2. The zero-order valence-corrected chi connectivity index (χ0v) is 16.7. The Bertz CT molecular complexity index is 873. The van der Waals surface area contributed by atoms with Gasteiger partial charge in [0.05, 0.1) is 0 Å². The number of anilines is 1. The van der Waals surface area contributed by atoms with E-state index in [-0.39, 0.29) is 0 Å². The highest BCUT2D eigenvalue weighted by Gasteiger charge is 2.08. The number of hydrogen-bond donors (Lipinski definition) is 2. The number of rotatable bonds is 8. The van der Waals surface area contributed by atoms with Crippen molar-refractivity contribution < 1.29 is 0 Å². The number of aryl methyl sites for hydroxylation is 1. The van der Waals surface area contributed by atoms with Crippen LogP contribution >= 0.6 is 0 Å². The smallest absolute Gasteiger partial charge is 0.0435 e. The Morgan fingerprint density at radius 3 is 2.63 bits per heavy atom. The molecule has 2 aromatic rings. The van der Waals surface area contributed by atoms with Crippen molar-refractivity contribution in [3.63, 3.8) is 0 Å². The first-order valence-corrected chi connectivity index (χ1v) is 9.19. The molecule has 0 bridgehead atoms. The van der Waals surface area contributed by atoms with Gasteiger partial charge in [0.1, 0.15) is 0 Å². The molecule has 3 heteroatoms. The van der Waals surface area contributed by atoms with Gasteiger partial charge < -0.3 is 10.6 Å². The molecule has 2 rings (SSSR count). The van der Waals surface area contributed by atoms with Gasteiger partial charge in [-0.3, -0.25) is 4.98 Å². The average Bonchev–Trinajstić information content (AvgIpc) is 2.66. The predicted octanol–water partition coefficient (Wildman–Crippen LogP) is 6.25. The van der Waals surface area contributed by atoms with Gasteiger partial charge in [0.2, 0.25) is 0 Å². The van der Waals surface area contributed by atoms with Crippen molar-refractivity contribution in [3.05, 3.63) is 96.6 Å². The molecule has 0 fully saturated rings. The summed E-state index contributed by atoms with van der Waals surface area (Å²) in [6.07, 6.45) is 9.56. The normalized spacial score (nSPS) is 11.7. The lowest BCUT2D eigenvalue weighted by molar-refractivity contribution is 0.822. The van der Waals surface area contributed by atoms with Crippen molar-refractivity contribution in [2.45, 2.75) is 33.6 Å². The molecular weight excluding hydrogens is 330 g/mol. The third-order valence-electron chi connectivity index (χ3n) is 4.27. The van der Waals surface area contributed by atoms with Crippen LogP contribution in [0.2, 0.25) is 0 Å². The van der Waals surface area contributed by atoms with Crippen molar-refractivity contribution in [3.8, 4) is 0 Å². The Hall–Kier alpha value is -3.07. The number of aromatic nitrogens is 1. The SMILES string of the molecule is C=CN/C=C(\C=C/C)c1cc(NC(=C)c2ccnc(C(C)C)c2)ccc1C.